The summed E-state index contributed by atoms with van der Waals surface area (Å²) in [6.45, 7) is 3.62. The van der Waals surface area contributed by atoms with E-state index in [4.69, 9.17) is 24.3 Å². The van der Waals surface area contributed by atoms with Crippen LogP contribution in [0.4, 0.5) is 0 Å². The molecule has 0 saturated carbocycles. The van der Waals surface area contributed by atoms with E-state index in [1.807, 2.05) is 0 Å². The van der Waals surface area contributed by atoms with Crippen molar-refractivity contribution < 1.29 is 37.6 Å². The van der Waals surface area contributed by atoms with Crippen LogP contribution in [0.15, 0.2) is 122 Å². The minimum atomic E-state index is -4.41. The van der Waals surface area contributed by atoms with Crippen LogP contribution < -0.4 is 5.73 Å². The summed E-state index contributed by atoms with van der Waals surface area (Å²) in [5, 5.41) is 0. The van der Waals surface area contributed by atoms with Crippen molar-refractivity contribution in [2.24, 2.45) is 5.73 Å². The van der Waals surface area contributed by atoms with Gasteiger partial charge in [-0.15, -0.1) is 0 Å². The van der Waals surface area contributed by atoms with E-state index < -0.39 is 26.5 Å². The maximum atomic E-state index is 12.8. The van der Waals surface area contributed by atoms with Gasteiger partial charge in [0.05, 0.1) is 13.2 Å². The normalized spacial score (nSPS) is 13.7. The first-order valence-electron chi connectivity index (χ1n) is 35.0. The number of esters is 2. The zero-order valence-corrected chi connectivity index (χ0v) is 55.7. The third-order valence-corrected chi connectivity index (χ3v) is 15.8. The second-order valence-electron chi connectivity index (χ2n) is 23.0. The fourth-order valence-electron chi connectivity index (χ4n) is 9.68. The molecular weight excluding hydrogens is 1070 g/mol. The van der Waals surface area contributed by atoms with E-state index >= 15 is 0 Å². The van der Waals surface area contributed by atoms with E-state index in [1.165, 1.54) is 161 Å². The zero-order chi connectivity index (χ0) is 61.6. The average molecular weight is 1200 g/mol. The highest BCUT2D eigenvalue weighted by Gasteiger charge is 2.26. The summed E-state index contributed by atoms with van der Waals surface area (Å²) >= 11 is 0. The molecular formula is C75H130NO8P. The van der Waals surface area contributed by atoms with Gasteiger partial charge in [0, 0.05) is 19.4 Å². The molecule has 0 aliphatic carbocycles. The van der Waals surface area contributed by atoms with Crippen LogP contribution in [0.5, 0.6) is 0 Å². The second kappa shape index (κ2) is 69.5. The van der Waals surface area contributed by atoms with Crippen LogP contribution in [0.25, 0.3) is 0 Å². The maximum Gasteiger partial charge on any atom is 0.472 e. The molecule has 0 radical (unpaired) electrons. The number of allylic oxidation sites excluding steroid dienone is 20. The molecule has 0 aliphatic rings. The van der Waals surface area contributed by atoms with Crippen LogP contribution in [-0.4, -0.2) is 49.3 Å². The smallest absolute Gasteiger partial charge is 0.462 e. The summed E-state index contributed by atoms with van der Waals surface area (Å²) in [7, 11) is -4.41. The minimum absolute atomic E-state index is 0.0459. The van der Waals surface area contributed by atoms with Gasteiger partial charge in [0.1, 0.15) is 6.61 Å². The number of hydrogen-bond acceptors (Lipinski definition) is 8. The first-order valence-corrected chi connectivity index (χ1v) is 36.5. The molecule has 2 atom stereocenters. The summed E-state index contributed by atoms with van der Waals surface area (Å²) in [5.41, 5.74) is 5.40. The van der Waals surface area contributed by atoms with Crippen LogP contribution >= 0.6 is 7.82 Å². The monoisotopic (exact) mass is 1200 g/mol. The number of nitrogens with two attached hydrogens (primary N) is 1. The van der Waals surface area contributed by atoms with Crippen LogP contribution in [0.2, 0.25) is 0 Å². The Bertz CT molecular complexity index is 1810. The molecule has 85 heavy (non-hydrogen) atoms. The number of phosphoric acid groups is 1. The lowest BCUT2D eigenvalue weighted by atomic mass is 10.0. The van der Waals surface area contributed by atoms with Crippen molar-refractivity contribution in [2.75, 3.05) is 26.4 Å². The minimum Gasteiger partial charge on any atom is -0.462 e. The molecule has 0 fully saturated rings. The van der Waals surface area contributed by atoms with Gasteiger partial charge in [-0.25, -0.2) is 4.57 Å². The number of carbonyl (C=O) groups excluding carboxylic acids is 2. The van der Waals surface area contributed by atoms with E-state index in [-0.39, 0.29) is 38.6 Å². The number of phosphoric ester groups is 1. The number of rotatable bonds is 65. The Labute approximate surface area is 523 Å². The molecule has 2 unspecified atom stereocenters. The van der Waals surface area contributed by atoms with Crippen molar-refractivity contribution in [1.29, 1.82) is 0 Å². The number of hydrogen-bond donors (Lipinski definition) is 2. The predicted octanol–water partition coefficient (Wildman–Crippen LogP) is 23.1. The first-order chi connectivity index (χ1) is 41.8. The molecule has 0 spiro atoms. The van der Waals surface area contributed by atoms with Crippen molar-refractivity contribution in [3.8, 4) is 0 Å². The quantitative estimate of drug-likeness (QED) is 0.0264. The maximum absolute atomic E-state index is 12.8. The Kier molecular flexibility index (Phi) is 66.6. The third-order valence-electron chi connectivity index (χ3n) is 14.8. The largest absolute Gasteiger partial charge is 0.472 e. The predicted molar refractivity (Wildman–Crippen MR) is 367 cm³/mol. The first kappa shape index (κ1) is 81.4. The van der Waals surface area contributed by atoms with Crippen LogP contribution in [-0.2, 0) is 32.7 Å². The molecule has 0 aromatic rings. The fraction of sp³-hybridized carbons (Fsp3) is 0.707. The third kappa shape index (κ3) is 69.4. The van der Waals surface area contributed by atoms with Gasteiger partial charge in [-0.1, -0.05) is 309 Å². The van der Waals surface area contributed by atoms with Crippen molar-refractivity contribution in [1.82, 2.24) is 0 Å². The van der Waals surface area contributed by atoms with Crippen LogP contribution in [0, 0.1) is 0 Å². The van der Waals surface area contributed by atoms with Crippen LogP contribution in [0.1, 0.15) is 309 Å². The molecule has 3 N–H and O–H groups in total. The van der Waals surface area contributed by atoms with Gasteiger partial charge in [0.2, 0.25) is 0 Å². The molecule has 0 aliphatic heterocycles. The Balaban J connectivity index is 3.93. The summed E-state index contributed by atoms with van der Waals surface area (Å²) in [6, 6.07) is 0. The highest BCUT2D eigenvalue weighted by atomic mass is 31.2. The van der Waals surface area contributed by atoms with Crippen molar-refractivity contribution in [2.45, 2.75) is 315 Å². The van der Waals surface area contributed by atoms with Crippen molar-refractivity contribution in [3.63, 3.8) is 0 Å². The zero-order valence-electron chi connectivity index (χ0n) is 54.8. The second-order valence-corrected chi connectivity index (χ2v) is 24.5. The van der Waals surface area contributed by atoms with Crippen molar-refractivity contribution in [3.05, 3.63) is 122 Å². The lowest BCUT2D eigenvalue weighted by molar-refractivity contribution is -0.161. The topological polar surface area (TPSA) is 134 Å². The summed E-state index contributed by atoms with van der Waals surface area (Å²) < 4.78 is 33.2. The molecule has 488 valence electrons. The van der Waals surface area contributed by atoms with Gasteiger partial charge in [-0.3, -0.25) is 18.6 Å². The summed E-state index contributed by atoms with van der Waals surface area (Å²) in [6.07, 6.45) is 97.2. The number of unbranched alkanes of at least 4 members (excludes halogenated alkanes) is 32. The van der Waals surface area contributed by atoms with Gasteiger partial charge in [0.25, 0.3) is 0 Å². The van der Waals surface area contributed by atoms with Gasteiger partial charge in [-0.2, -0.15) is 0 Å². The van der Waals surface area contributed by atoms with Gasteiger partial charge in [-0.05, 0) is 109 Å². The van der Waals surface area contributed by atoms with E-state index in [2.05, 4.69) is 135 Å². The SMILES string of the molecule is CC/C=C\C/C=C\C/C=C\C/C=C\C/C=C\C/C=C\C/C=C\C/C=C\CCCCCCCCC(=O)OC(COC(=O)CCCCCCCCCCCCCCCCCCCCCCC/C=C\C/C=C\CCCCCCC)COP(=O)(O)OCCN. The van der Waals surface area contributed by atoms with Crippen LogP contribution in [0.3, 0.4) is 0 Å². The molecule has 10 heteroatoms. The highest BCUT2D eigenvalue weighted by Crippen LogP contribution is 2.43. The molecule has 0 bridgehead atoms. The lowest BCUT2D eigenvalue weighted by Crippen LogP contribution is -2.29. The molecule has 0 rings (SSSR count). The van der Waals surface area contributed by atoms with E-state index in [0.29, 0.717) is 6.42 Å². The molecule has 0 heterocycles. The summed E-state index contributed by atoms with van der Waals surface area (Å²) in [4.78, 5) is 35.4. The number of ether oxygens (including phenoxy) is 2. The molecule has 9 nitrogen and oxygen atoms in total. The summed E-state index contributed by atoms with van der Waals surface area (Å²) in [5.74, 6) is -0.841. The standard InChI is InChI=1S/C75H130NO8P/c1-3-5-7-9-11-13-15-17-19-21-23-25-27-29-31-33-35-36-38-39-41-43-45-47-49-51-53-55-57-59-61-63-65-67-74(77)81-71-73(72-83-85(79,80)82-70-69-76)84-75(78)68-66-64-62-60-58-56-54-52-50-48-46-44-42-40-37-34-32-30-28-26-24-22-20-18-16-14-12-10-8-6-4-2/h6,8,12,14-15,17-18,20-21,23-24,26,30,32,37,40,44,46,50,52,73H,3-5,7,9-11,13,16,19,22,25,27-29,31,33-36,38-39,41-43,45,47-49,51,53-72,76H2,1-2H3,(H,79,80)/b8-6-,14-12-,17-15-,20-18-,23-21-,26-24-,32-30-,40-37-,46-44-,52-50-. The Morgan fingerprint density at radius 2 is 0.647 bits per heavy atom. The van der Waals surface area contributed by atoms with E-state index in [9.17, 15) is 19.0 Å². The highest BCUT2D eigenvalue weighted by molar-refractivity contribution is 7.47. The molecule has 0 aromatic carbocycles. The van der Waals surface area contributed by atoms with Gasteiger partial charge >= 0.3 is 19.8 Å². The van der Waals surface area contributed by atoms with Gasteiger partial charge < -0.3 is 20.1 Å². The Morgan fingerprint density at radius 3 is 0.965 bits per heavy atom. The molecule has 0 aromatic heterocycles. The Morgan fingerprint density at radius 1 is 0.365 bits per heavy atom. The van der Waals surface area contributed by atoms with E-state index in [1.54, 1.807) is 0 Å². The average Bonchev–Trinajstić information content (AvgIpc) is 3.52. The van der Waals surface area contributed by atoms with E-state index in [0.717, 1.165) is 116 Å². The lowest BCUT2D eigenvalue weighted by Gasteiger charge is -2.19. The van der Waals surface area contributed by atoms with Gasteiger partial charge in [0.15, 0.2) is 6.10 Å². The fourth-order valence-corrected chi connectivity index (χ4v) is 10.5. The number of carbonyl (C=O) groups is 2. The molecule has 0 saturated heterocycles. The Hall–Kier alpha value is -3.59. The van der Waals surface area contributed by atoms with Crippen molar-refractivity contribution >= 4 is 19.8 Å². The molecule has 0 amide bonds.